The van der Waals surface area contributed by atoms with Crippen LogP contribution in [0.3, 0.4) is 0 Å². The summed E-state index contributed by atoms with van der Waals surface area (Å²) in [6.45, 7) is 7.26. The summed E-state index contributed by atoms with van der Waals surface area (Å²) in [5, 5.41) is 3.45. The quantitative estimate of drug-likeness (QED) is 0.719. The molecule has 0 aromatic heterocycles. The van der Waals surface area contributed by atoms with Gasteiger partial charge in [0.25, 0.3) is 0 Å². The van der Waals surface area contributed by atoms with E-state index in [1.165, 1.54) is 58.3 Å². The molecule has 2 aliphatic rings. The molecule has 0 radical (unpaired) electrons. The minimum absolute atomic E-state index is 0.745. The highest BCUT2D eigenvalue weighted by Gasteiger charge is 2.23. The molecule has 0 aromatic rings. The monoisotopic (exact) mass is 222 g/mol. The smallest absolute Gasteiger partial charge is 0.0282 e. The Labute approximate surface area is 100 Å². The molecular formula is C14H26N2. The van der Waals surface area contributed by atoms with E-state index in [4.69, 9.17) is 0 Å². The maximum absolute atomic E-state index is 3.45. The predicted octanol–water partition coefficient (Wildman–Crippen LogP) is 2.42. The first-order chi connectivity index (χ1) is 7.90. The molecule has 2 aliphatic heterocycles. The average Bonchev–Trinajstić information content (AvgIpc) is 2.75. The average molecular weight is 222 g/mol. The molecule has 0 bridgehead atoms. The molecule has 0 unspecified atom stereocenters. The molecule has 0 aromatic carbocycles. The molecule has 2 nitrogen and oxygen atoms in total. The van der Waals surface area contributed by atoms with Crippen molar-refractivity contribution in [2.75, 3.05) is 26.2 Å². The van der Waals surface area contributed by atoms with E-state index in [-0.39, 0.29) is 0 Å². The summed E-state index contributed by atoms with van der Waals surface area (Å²) < 4.78 is 0. The van der Waals surface area contributed by atoms with Crippen LogP contribution in [-0.2, 0) is 0 Å². The lowest BCUT2D eigenvalue weighted by Gasteiger charge is -2.31. The van der Waals surface area contributed by atoms with E-state index in [0.717, 1.165) is 12.0 Å². The van der Waals surface area contributed by atoms with Crippen molar-refractivity contribution >= 4 is 0 Å². The highest BCUT2D eigenvalue weighted by atomic mass is 15.2. The van der Waals surface area contributed by atoms with Crippen molar-refractivity contribution in [2.24, 2.45) is 5.92 Å². The van der Waals surface area contributed by atoms with Crippen LogP contribution in [0.2, 0.25) is 0 Å². The molecule has 1 fully saturated rings. The van der Waals surface area contributed by atoms with Crippen molar-refractivity contribution in [1.29, 1.82) is 0 Å². The highest BCUT2D eigenvalue weighted by molar-refractivity contribution is 5.04. The lowest BCUT2D eigenvalue weighted by molar-refractivity contribution is 0.195. The summed E-state index contributed by atoms with van der Waals surface area (Å²) in [5.74, 6) is 0.935. The molecule has 1 N–H and O–H groups in total. The van der Waals surface area contributed by atoms with E-state index in [1.54, 1.807) is 0 Å². The summed E-state index contributed by atoms with van der Waals surface area (Å²) in [6, 6.07) is 0.745. The van der Waals surface area contributed by atoms with Gasteiger partial charge in [-0.1, -0.05) is 31.9 Å². The van der Waals surface area contributed by atoms with Crippen LogP contribution in [0.5, 0.6) is 0 Å². The van der Waals surface area contributed by atoms with Crippen LogP contribution in [0.4, 0.5) is 0 Å². The molecule has 16 heavy (non-hydrogen) atoms. The summed E-state index contributed by atoms with van der Waals surface area (Å²) >= 11 is 0. The number of piperidine rings is 1. The fourth-order valence-electron chi connectivity index (χ4n) is 2.91. The lowest BCUT2D eigenvalue weighted by atomic mass is 9.97. The lowest BCUT2D eigenvalue weighted by Crippen LogP contribution is -2.38. The Morgan fingerprint density at radius 3 is 2.88 bits per heavy atom. The minimum Gasteiger partial charge on any atom is -0.317 e. The minimum atomic E-state index is 0.745. The Kier molecular flexibility index (Phi) is 4.86. The third-order valence-corrected chi connectivity index (χ3v) is 3.97. The molecular weight excluding hydrogens is 196 g/mol. The molecule has 2 heteroatoms. The number of hydrogen-bond acceptors (Lipinski definition) is 2. The van der Waals surface area contributed by atoms with E-state index < -0.39 is 0 Å². The van der Waals surface area contributed by atoms with E-state index in [9.17, 15) is 0 Å². The van der Waals surface area contributed by atoms with Crippen LogP contribution in [0.1, 0.15) is 39.0 Å². The van der Waals surface area contributed by atoms with Crippen molar-refractivity contribution in [2.45, 2.75) is 45.1 Å². The molecule has 2 heterocycles. The first kappa shape index (κ1) is 12.1. The first-order valence-corrected chi connectivity index (χ1v) is 7.01. The Hall–Kier alpha value is -0.340. The van der Waals surface area contributed by atoms with Crippen LogP contribution in [0.15, 0.2) is 12.2 Å². The van der Waals surface area contributed by atoms with E-state index >= 15 is 0 Å². The van der Waals surface area contributed by atoms with Crippen LogP contribution in [0, 0.1) is 5.92 Å². The zero-order chi connectivity index (χ0) is 11.2. The maximum atomic E-state index is 3.45. The van der Waals surface area contributed by atoms with Gasteiger partial charge in [0.05, 0.1) is 0 Å². The van der Waals surface area contributed by atoms with Gasteiger partial charge < -0.3 is 5.32 Å². The van der Waals surface area contributed by atoms with Gasteiger partial charge in [-0.2, -0.15) is 0 Å². The molecule has 0 saturated carbocycles. The molecule has 2 rings (SSSR count). The van der Waals surface area contributed by atoms with Gasteiger partial charge in [-0.3, -0.25) is 4.90 Å². The van der Waals surface area contributed by atoms with Gasteiger partial charge in [0, 0.05) is 19.1 Å². The van der Waals surface area contributed by atoms with Crippen molar-refractivity contribution in [1.82, 2.24) is 10.2 Å². The van der Waals surface area contributed by atoms with Crippen molar-refractivity contribution in [3.63, 3.8) is 0 Å². The molecule has 1 atom stereocenters. The van der Waals surface area contributed by atoms with Crippen LogP contribution < -0.4 is 5.32 Å². The number of rotatable bonds is 5. The van der Waals surface area contributed by atoms with Gasteiger partial charge in [0.2, 0.25) is 0 Å². The Balaban J connectivity index is 1.75. The standard InChI is InChI=1S/C14H26N2/c1-2-3-5-14-6-4-11-16(14)12-13-7-9-15-10-8-13/h4,6,13-15H,2-3,5,7-12H2,1H3/t14-/m0/s1. The Bertz CT molecular complexity index is 219. The summed E-state index contributed by atoms with van der Waals surface area (Å²) in [7, 11) is 0. The van der Waals surface area contributed by atoms with Gasteiger partial charge in [0.15, 0.2) is 0 Å². The van der Waals surface area contributed by atoms with Crippen LogP contribution in [0.25, 0.3) is 0 Å². The topological polar surface area (TPSA) is 15.3 Å². The van der Waals surface area contributed by atoms with Gasteiger partial charge in [-0.15, -0.1) is 0 Å². The van der Waals surface area contributed by atoms with E-state index in [2.05, 4.69) is 29.3 Å². The fraction of sp³-hybridized carbons (Fsp3) is 0.857. The van der Waals surface area contributed by atoms with Gasteiger partial charge >= 0.3 is 0 Å². The first-order valence-electron chi connectivity index (χ1n) is 7.01. The largest absolute Gasteiger partial charge is 0.317 e. The number of nitrogens with zero attached hydrogens (tertiary/aromatic N) is 1. The van der Waals surface area contributed by atoms with Crippen LogP contribution in [-0.4, -0.2) is 37.1 Å². The summed E-state index contributed by atoms with van der Waals surface area (Å²) in [5.41, 5.74) is 0. The van der Waals surface area contributed by atoms with Crippen molar-refractivity contribution in [3.8, 4) is 0 Å². The Morgan fingerprint density at radius 2 is 2.12 bits per heavy atom. The maximum Gasteiger partial charge on any atom is 0.0282 e. The second-order valence-corrected chi connectivity index (χ2v) is 5.29. The second-order valence-electron chi connectivity index (χ2n) is 5.29. The second kappa shape index (κ2) is 6.41. The highest BCUT2D eigenvalue weighted by Crippen LogP contribution is 2.21. The van der Waals surface area contributed by atoms with Crippen molar-refractivity contribution in [3.05, 3.63) is 12.2 Å². The molecule has 0 aliphatic carbocycles. The number of hydrogen-bond donors (Lipinski definition) is 1. The Morgan fingerprint density at radius 1 is 1.31 bits per heavy atom. The number of nitrogens with one attached hydrogen (secondary N) is 1. The normalized spacial score (nSPS) is 27.7. The third-order valence-electron chi connectivity index (χ3n) is 3.97. The van der Waals surface area contributed by atoms with E-state index in [0.29, 0.717) is 0 Å². The summed E-state index contributed by atoms with van der Waals surface area (Å²) in [4.78, 5) is 2.69. The molecule has 1 saturated heterocycles. The number of unbranched alkanes of at least 4 members (excludes halogenated alkanes) is 1. The summed E-state index contributed by atoms with van der Waals surface area (Å²) in [6.07, 6.45) is 11.6. The van der Waals surface area contributed by atoms with Gasteiger partial charge in [-0.05, 0) is 38.3 Å². The molecule has 0 amide bonds. The van der Waals surface area contributed by atoms with E-state index in [1.807, 2.05) is 0 Å². The molecule has 92 valence electrons. The molecule has 0 spiro atoms. The SMILES string of the molecule is CCCC[C@H]1C=CCN1CC1CCNCC1. The van der Waals surface area contributed by atoms with Gasteiger partial charge in [0.1, 0.15) is 0 Å². The van der Waals surface area contributed by atoms with Crippen molar-refractivity contribution < 1.29 is 0 Å². The van der Waals surface area contributed by atoms with Gasteiger partial charge in [-0.25, -0.2) is 0 Å². The predicted molar refractivity (Wildman–Crippen MR) is 69.6 cm³/mol. The van der Waals surface area contributed by atoms with Crippen LogP contribution >= 0.6 is 0 Å². The zero-order valence-corrected chi connectivity index (χ0v) is 10.6. The third kappa shape index (κ3) is 3.33. The zero-order valence-electron chi connectivity index (χ0n) is 10.6. The fourth-order valence-corrected chi connectivity index (χ4v) is 2.91.